The molecule has 25 heavy (non-hydrogen) atoms. The molecule has 1 aliphatic rings. The molecule has 1 aromatic carbocycles. The molecule has 2 rings (SSSR count). The summed E-state index contributed by atoms with van der Waals surface area (Å²) in [5.74, 6) is 0. The number of sulfonamides is 1. The second-order valence-corrected chi connectivity index (χ2v) is 9.91. The number of ether oxygens (including phenoxy) is 1. The molecule has 8 heteroatoms. The van der Waals surface area contributed by atoms with Gasteiger partial charge in [0.15, 0.2) is 0 Å². The first-order chi connectivity index (χ1) is 11.6. The van der Waals surface area contributed by atoms with Crippen LogP contribution < -0.4 is 5.32 Å². The summed E-state index contributed by atoms with van der Waals surface area (Å²) in [6.07, 6.45) is 1.93. The Morgan fingerprint density at radius 3 is 2.72 bits per heavy atom. The zero-order valence-corrected chi connectivity index (χ0v) is 17.2. The van der Waals surface area contributed by atoms with E-state index < -0.39 is 21.7 Å². The molecule has 140 valence electrons. The van der Waals surface area contributed by atoms with E-state index in [2.05, 4.69) is 21.2 Å². The lowest BCUT2D eigenvalue weighted by atomic mass is 10.1. The Kier molecular flexibility index (Phi) is 6.51. The molecule has 1 aromatic rings. The van der Waals surface area contributed by atoms with Gasteiger partial charge in [-0.3, -0.25) is 0 Å². The third-order valence-electron chi connectivity index (χ3n) is 3.86. The molecule has 6 nitrogen and oxygen atoms in total. The number of amides is 1. The molecule has 1 saturated heterocycles. The summed E-state index contributed by atoms with van der Waals surface area (Å²) < 4.78 is 33.4. The lowest BCUT2D eigenvalue weighted by Crippen LogP contribution is -2.49. The van der Waals surface area contributed by atoms with Crippen LogP contribution in [0.1, 0.15) is 40.0 Å². The fourth-order valence-corrected chi connectivity index (χ4v) is 5.06. The number of benzene rings is 1. The molecule has 1 unspecified atom stereocenters. The second kappa shape index (κ2) is 8.05. The number of rotatable bonds is 4. The van der Waals surface area contributed by atoms with Gasteiger partial charge < -0.3 is 10.1 Å². The van der Waals surface area contributed by atoms with Crippen molar-refractivity contribution in [2.24, 2.45) is 0 Å². The Hall–Kier alpha value is -1.12. The number of hydrogen-bond acceptors (Lipinski definition) is 4. The van der Waals surface area contributed by atoms with Gasteiger partial charge in [-0.1, -0.05) is 28.4 Å². The van der Waals surface area contributed by atoms with Crippen LogP contribution in [0.5, 0.6) is 0 Å². The molecule has 1 amide bonds. The molecule has 1 fully saturated rings. The molecule has 0 bridgehead atoms. The summed E-state index contributed by atoms with van der Waals surface area (Å²) >= 11 is 3.31. The Balaban J connectivity index is 2.11. The van der Waals surface area contributed by atoms with Crippen molar-refractivity contribution in [2.45, 2.75) is 56.6 Å². The molecule has 0 aromatic heterocycles. The molecular formula is C17H25BrN2O4S. The zero-order valence-electron chi connectivity index (χ0n) is 14.8. The zero-order chi connectivity index (χ0) is 18.7. The smallest absolute Gasteiger partial charge is 0.407 e. The summed E-state index contributed by atoms with van der Waals surface area (Å²) in [4.78, 5) is 12.1. The van der Waals surface area contributed by atoms with Crippen LogP contribution >= 0.6 is 15.9 Å². The highest BCUT2D eigenvalue weighted by molar-refractivity contribution is 9.10. The van der Waals surface area contributed by atoms with Gasteiger partial charge >= 0.3 is 6.09 Å². The molecule has 0 radical (unpaired) electrons. The summed E-state index contributed by atoms with van der Waals surface area (Å²) in [6.45, 7) is 6.06. The van der Waals surface area contributed by atoms with Crippen molar-refractivity contribution in [3.8, 4) is 0 Å². The first-order valence-electron chi connectivity index (χ1n) is 8.34. The molecule has 1 aliphatic heterocycles. The Morgan fingerprint density at radius 1 is 1.36 bits per heavy atom. The highest BCUT2D eigenvalue weighted by atomic mass is 79.9. The van der Waals surface area contributed by atoms with E-state index in [0.717, 1.165) is 12.8 Å². The summed E-state index contributed by atoms with van der Waals surface area (Å²) in [6, 6.07) is 6.41. The predicted molar refractivity (Wildman–Crippen MR) is 99.9 cm³/mol. The van der Waals surface area contributed by atoms with Crippen LogP contribution in [-0.4, -0.2) is 43.5 Å². The minimum absolute atomic E-state index is 0.238. The molecule has 1 heterocycles. The lowest BCUT2D eigenvalue weighted by Gasteiger charge is -2.35. The number of carbonyl (C=O) groups excluding carboxylic acids is 1. The first-order valence-corrected chi connectivity index (χ1v) is 10.6. The number of piperidine rings is 1. The Bertz CT molecular complexity index is 716. The molecule has 1 atom stereocenters. The minimum Gasteiger partial charge on any atom is -0.444 e. The predicted octanol–water partition coefficient (Wildman–Crippen LogP) is 3.52. The maximum atomic E-state index is 13.0. The second-order valence-electron chi connectivity index (χ2n) is 7.11. The van der Waals surface area contributed by atoms with Crippen molar-refractivity contribution in [2.75, 3.05) is 13.1 Å². The van der Waals surface area contributed by atoms with Gasteiger partial charge in [-0.2, -0.15) is 4.31 Å². The van der Waals surface area contributed by atoms with Crippen LogP contribution in [0.15, 0.2) is 33.6 Å². The van der Waals surface area contributed by atoms with Crippen LogP contribution in [0.4, 0.5) is 4.79 Å². The van der Waals surface area contributed by atoms with Crippen LogP contribution in [0.3, 0.4) is 0 Å². The van der Waals surface area contributed by atoms with E-state index in [1.165, 1.54) is 4.31 Å². The van der Waals surface area contributed by atoms with Crippen LogP contribution in [0.25, 0.3) is 0 Å². The molecule has 0 spiro atoms. The quantitative estimate of drug-likeness (QED) is 0.789. The third-order valence-corrected chi connectivity index (χ3v) is 6.30. The van der Waals surface area contributed by atoms with Gasteiger partial charge in [0.05, 0.1) is 4.90 Å². The average Bonchev–Trinajstić information content (AvgIpc) is 2.51. The Morgan fingerprint density at radius 2 is 2.08 bits per heavy atom. The van der Waals surface area contributed by atoms with Gasteiger partial charge in [0.25, 0.3) is 0 Å². The minimum atomic E-state index is -3.61. The van der Waals surface area contributed by atoms with E-state index in [-0.39, 0.29) is 17.5 Å². The highest BCUT2D eigenvalue weighted by Crippen LogP contribution is 2.26. The van der Waals surface area contributed by atoms with Gasteiger partial charge in [0.1, 0.15) is 5.60 Å². The van der Waals surface area contributed by atoms with Gasteiger partial charge in [0, 0.05) is 23.6 Å². The standard InChI is InChI=1S/C17H25BrN2O4S/c1-17(2,3)24-16(21)19-12-14-8-4-5-10-20(14)25(22,23)15-9-6-7-13(18)11-15/h6-7,9,11,14H,4-5,8,10,12H2,1-3H3,(H,19,21). The number of halogens is 1. The SMILES string of the molecule is CC(C)(C)OC(=O)NCC1CCCCN1S(=O)(=O)c1cccc(Br)c1. The maximum Gasteiger partial charge on any atom is 0.407 e. The number of nitrogens with one attached hydrogen (secondary N) is 1. The van der Waals surface area contributed by atoms with E-state index in [9.17, 15) is 13.2 Å². The van der Waals surface area contributed by atoms with Crippen molar-refractivity contribution in [3.63, 3.8) is 0 Å². The van der Waals surface area contributed by atoms with E-state index >= 15 is 0 Å². The summed E-state index contributed by atoms with van der Waals surface area (Å²) in [5, 5.41) is 2.70. The maximum absolute atomic E-state index is 13.0. The molecular weight excluding hydrogens is 408 g/mol. The van der Waals surface area contributed by atoms with Crippen LogP contribution in [0, 0.1) is 0 Å². The van der Waals surface area contributed by atoms with Crippen LogP contribution in [0.2, 0.25) is 0 Å². The molecule has 0 saturated carbocycles. The number of hydrogen-bond donors (Lipinski definition) is 1. The Labute approximate surface area is 158 Å². The monoisotopic (exact) mass is 432 g/mol. The van der Waals surface area contributed by atoms with E-state index in [1.54, 1.807) is 45.0 Å². The van der Waals surface area contributed by atoms with Crippen molar-refractivity contribution < 1.29 is 17.9 Å². The first kappa shape index (κ1) is 20.2. The van der Waals surface area contributed by atoms with Crippen molar-refractivity contribution >= 4 is 32.0 Å². The van der Waals surface area contributed by atoms with E-state index in [1.807, 2.05) is 0 Å². The van der Waals surface area contributed by atoms with Crippen molar-refractivity contribution in [1.29, 1.82) is 0 Å². The number of alkyl carbamates (subject to hydrolysis) is 1. The summed E-state index contributed by atoms with van der Waals surface area (Å²) in [5.41, 5.74) is -0.585. The van der Waals surface area contributed by atoms with Gasteiger partial charge in [-0.15, -0.1) is 0 Å². The van der Waals surface area contributed by atoms with E-state index in [4.69, 9.17) is 4.74 Å². The normalized spacial score (nSPS) is 19.4. The third kappa shape index (κ3) is 5.69. The molecule has 0 aliphatic carbocycles. The van der Waals surface area contributed by atoms with E-state index in [0.29, 0.717) is 17.4 Å². The van der Waals surface area contributed by atoms with Crippen LogP contribution in [-0.2, 0) is 14.8 Å². The highest BCUT2D eigenvalue weighted by Gasteiger charge is 2.34. The fourth-order valence-electron chi connectivity index (χ4n) is 2.77. The number of carbonyl (C=O) groups is 1. The fraction of sp³-hybridized carbons (Fsp3) is 0.588. The van der Waals surface area contributed by atoms with Crippen molar-refractivity contribution in [1.82, 2.24) is 9.62 Å². The molecule has 1 N–H and O–H groups in total. The topological polar surface area (TPSA) is 75.7 Å². The van der Waals surface area contributed by atoms with Gasteiger partial charge in [-0.05, 0) is 51.8 Å². The van der Waals surface area contributed by atoms with Gasteiger partial charge in [-0.25, -0.2) is 13.2 Å². The average molecular weight is 433 g/mol. The lowest BCUT2D eigenvalue weighted by molar-refractivity contribution is 0.0512. The number of nitrogens with zero attached hydrogens (tertiary/aromatic N) is 1. The van der Waals surface area contributed by atoms with Crippen molar-refractivity contribution in [3.05, 3.63) is 28.7 Å². The summed E-state index contributed by atoms with van der Waals surface area (Å²) in [7, 11) is -3.61. The van der Waals surface area contributed by atoms with Gasteiger partial charge in [0.2, 0.25) is 10.0 Å². The largest absolute Gasteiger partial charge is 0.444 e.